The molecule has 0 bridgehead atoms. The summed E-state index contributed by atoms with van der Waals surface area (Å²) in [6.45, 7) is 14.4. The second-order valence-electron chi connectivity index (χ2n) is 23.6. The van der Waals surface area contributed by atoms with Gasteiger partial charge in [-0.3, -0.25) is 0 Å². The van der Waals surface area contributed by atoms with Gasteiger partial charge in [-0.05, 0) is 10.8 Å². The Bertz CT molecular complexity index is 4230. The topological polar surface area (TPSA) is 11.4 Å². The SMILES string of the molecule is C[SiH-](C)(C)c1ccc(N(c2ccc(F)cc2)c2ccc3c(c2)c2cc(N(c4ccc(F)cc4)c4ccc([SiH-](C)(C)C)cc4)cc4c2n3-c2ccccc2C42c3ccc4ccccc4c3-c3c2ccc2ccccc32)cc1. The number of aromatic nitrogens is 1. The summed E-state index contributed by atoms with van der Waals surface area (Å²) in [5, 5.41) is 9.83. The van der Waals surface area contributed by atoms with E-state index in [0.717, 1.165) is 61.6 Å². The number of benzene rings is 11. The number of para-hydroxylation sites is 1. The Kier molecular flexibility index (Phi) is 10.2. The van der Waals surface area contributed by atoms with Gasteiger partial charge in [0.2, 0.25) is 0 Å². The molecule has 3 nitrogen and oxygen atoms in total. The molecule has 11 aromatic carbocycles. The van der Waals surface area contributed by atoms with Gasteiger partial charge in [0.05, 0.1) is 0 Å². The first-order chi connectivity index (χ1) is 36.8. The molecule has 0 saturated heterocycles. The molecule has 0 amide bonds. The van der Waals surface area contributed by atoms with Crippen LogP contribution in [0.4, 0.5) is 42.9 Å². The normalized spacial score (nSPS) is 13.8. The van der Waals surface area contributed by atoms with Gasteiger partial charge in [-0.2, -0.15) is 0 Å². The van der Waals surface area contributed by atoms with E-state index in [4.69, 9.17) is 0 Å². The molecule has 0 radical (unpaired) electrons. The first-order valence-corrected chi connectivity index (χ1v) is 35.0. The van der Waals surface area contributed by atoms with E-state index in [1.807, 2.05) is 24.3 Å². The molecule has 1 aliphatic heterocycles. The average molecular weight is 1020 g/mol. The Morgan fingerprint density at radius 1 is 0.355 bits per heavy atom. The molecule has 76 heavy (non-hydrogen) atoms. The van der Waals surface area contributed by atoms with Crippen LogP contribution in [0.25, 0.3) is 60.2 Å². The van der Waals surface area contributed by atoms with E-state index in [2.05, 4.69) is 230 Å². The molecule has 372 valence electrons. The molecule has 2 heterocycles. The summed E-state index contributed by atoms with van der Waals surface area (Å²) < 4.78 is 32.4. The molecule has 0 unspecified atom stereocenters. The summed E-state index contributed by atoms with van der Waals surface area (Å²) in [7, 11) is -3.91. The van der Waals surface area contributed by atoms with Gasteiger partial charge < -0.3 is 0 Å². The Balaban J connectivity index is 1.14. The maximum atomic E-state index is 15.1. The second-order valence-corrected chi connectivity index (χ2v) is 35.3. The van der Waals surface area contributed by atoms with Crippen LogP contribution in [0.15, 0.2) is 224 Å². The molecule has 0 N–H and O–H groups in total. The van der Waals surface area contributed by atoms with Crippen molar-refractivity contribution in [3.8, 4) is 16.8 Å². The van der Waals surface area contributed by atoms with Crippen molar-refractivity contribution in [2.45, 2.75) is 44.7 Å². The van der Waals surface area contributed by atoms with Crippen LogP contribution >= 0.6 is 0 Å². The number of nitrogens with zero attached hydrogens (tertiary/aromatic N) is 3. The number of rotatable bonds is 8. The van der Waals surface area contributed by atoms with Gasteiger partial charge in [0.1, 0.15) is 0 Å². The molecule has 1 aliphatic carbocycles. The zero-order chi connectivity index (χ0) is 51.8. The minimum atomic E-state index is -1.98. The second kappa shape index (κ2) is 16.8. The molecule has 12 aromatic rings. The van der Waals surface area contributed by atoms with Crippen LogP contribution in [-0.2, 0) is 5.41 Å². The van der Waals surface area contributed by atoms with Gasteiger partial charge >= 0.3 is 382 Å². The van der Waals surface area contributed by atoms with Crippen molar-refractivity contribution in [1.82, 2.24) is 4.57 Å². The van der Waals surface area contributed by atoms with Crippen molar-refractivity contribution in [2.75, 3.05) is 9.80 Å². The van der Waals surface area contributed by atoms with Crippen LogP contribution in [0.2, 0.25) is 39.3 Å². The summed E-state index contributed by atoms with van der Waals surface area (Å²) in [6, 6.07) is 79.7. The molecule has 14 rings (SSSR count). The van der Waals surface area contributed by atoms with E-state index in [9.17, 15) is 4.39 Å². The summed E-state index contributed by atoms with van der Waals surface area (Å²) in [6.07, 6.45) is 0. The van der Waals surface area contributed by atoms with E-state index in [1.165, 1.54) is 65.3 Å². The summed E-state index contributed by atoms with van der Waals surface area (Å²) in [5.74, 6) is -0.559. The fourth-order valence-electron chi connectivity index (χ4n) is 13.0. The third-order valence-electron chi connectivity index (χ3n) is 16.7. The predicted octanol–water partition coefficient (Wildman–Crippen LogP) is 17.5. The Hall–Kier alpha value is -8.37. The van der Waals surface area contributed by atoms with Crippen molar-refractivity contribution < 1.29 is 8.78 Å². The number of fused-ring (bicyclic) bond motifs is 16. The predicted molar refractivity (Wildman–Crippen MR) is 325 cm³/mol. The Labute approximate surface area is 444 Å². The zero-order valence-electron chi connectivity index (χ0n) is 43.6. The third kappa shape index (κ3) is 6.88. The van der Waals surface area contributed by atoms with Crippen molar-refractivity contribution >= 4 is 104 Å². The third-order valence-corrected chi connectivity index (χ3v) is 21.5. The van der Waals surface area contributed by atoms with Crippen molar-refractivity contribution in [3.63, 3.8) is 0 Å². The van der Waals surface area contributed by atoms with Gasteiger partial charge in [-0.1, -0.05) is 54.6 Å². The Morgan fingerprint density at radius 2 is 0.789 bits per heavy atom. The molecule has 2 aliphatic rings. The molecule has 0 fully saturated rings. The van der Waals surface area contributed by atoms with Gasteiger partial charge in [0.15, 0.2) is 0 Å². The van der Waals surface area contributed by atoms with Crippen LogP contribution in [0.1, 0.15) is 22.3 Å². The molecule has 1 aromatic heterocycles. The van der Waals surface area contributed by atoms with E-state index < -0.39 is 21.6 Å². The number of hydrogen-bond donors (Lipinski definition) is 0. The Morgan fingerprint density at radius 3 is 1.30 bits per heavy atom. The van der Waals surface area contributed by atoms with Crippen LogP contribution in [0.5, 0.6) is 0 Å². The summed E-state index contributed by atoms with van der Waals surface area (Å²) in [5.41, 5.74) is 15.6. The van der Waals surface area contributed by atoms with E-state index in [-0.39, 0.29) is 11.6 Å². The molecular weight excluding hydrogens is 965 g/mol. The van der Waals surface area contributed by atoms with Crippen molar-refractivity contribution in [3.05, 3.63) is 258 Å². The van der Waals surface area contributed by atoms with Gasteiger partial charge in [-0.25, -0.2) is 0 Å². The fourth-order valence-corrected chi connectivity index (χ4v) is 15.7. The summed E-state index contributed by atoms with van der Waals surface area (Å²) >= 11 is 0. The fraction of sp³-hybridized carbons (Fsp3) is 0.101. The first-order valence-electron chi connectivity index (χ1n) is 26.9. The summed E-state index contributed by atoms with van der Waals surface area (Å²) in [4.78, 5) is 4.57. The zero-order valence-corrected chi connectivity index (χ0v) is 45.9. The molecular formula is C69H57F2N3Si2-2. The van der Waals surface area contributed by atoms with Crippen LogP contribution < -0.4 is 20.2 Å². The average Bonchev–Trinajstić information content (AvgIpc) is 3.79. The van der Waals surface area contributed by atoms with E-state index in [1.54, 1.807) is 24.3 Å². The van der Waals surface area contributed by atoms with E-state index >= 15 is 4.39 Å². The number of anilines is 6. The maximum absolute atomic E-state index is 15.1. The molecule has 0 saturated carbocycles. The monoisotopic (exact) mass is 1020 g/mol. The van der Waals surface area contributed by atoms with Crippen LogP contribution in [0, 0.1) is 11.6 Å². The molecule has 1 spiro atoms. The number of halogens is 2. The van der Waals surface area contributed by atoms with E-state index in [0.29, 0.717) is 0 Å². The van der Waals surface area contributed by atoms with Crippen molar-refractivity contribution in [2.24, 2.45) is 0 Å². The standard InChI is InChI=1S/C69H57F2N3Si2/c1-75(2,3)54-34-29-50(30-35-54)72(48-25-21-46(70)22-26-48)52-33-40-64-58(41-52)59-42-53(73(49-27-23-47(71)24-28-49)51-31-36-55(37-32-51)76(4,5)6)43-63-68(59)74(64)65-18-12-11-17-60(65)69(63)61-38-19-44-13-7-9-15-56(44)66(61)67-57-16-10-8-14-45(57)20-39-62(67)69/h7-43,75-76H,1-6H3/q-2. The van der Waals surface area contributed by atoms with Crippen molar-refractivity contribution in [1.29, 1.82) is 0 Å². The van der Waals surface area contributed by atoms with Crippen LogP contribution in [0.3, 0.4) is 0 Å². The van der Waals surface area contributed by atoms with Gasteiger partial charge in [-0.15, -0.1) is 0 Å². The quantitative estimate of drug-likeness (QED) is 0.141. The number of hydrogen-bond acceptors (Lipinski definition) is 2. The first kappa shape index (κ1) is 46.2. The minimum absolute atomic E-state index is 0.277. The molecule has 7 heteroatoms. The molecule has 0 atom stereocenters. The van der Waals surface area contributed by atoms with Gasteiger partial charge in [0.25, 0.3) is 0 Å². The van der Waals surface area contributed by atoms with Crippen LogP contribution in [-0.4, -0.2) is 20.7 Å². The van der Waals surface area contributed by atoms with Gasteiger partial charge in [0, 0.05) is 0 Å².